The first-order valence-corrected chi connectivity index (χ1v) is 7.28. The van der Waals surface area contributed by atoms with Crippen LogP contribution < -0.4 is 10.2 Å². The summed E-state index contributed by atoms with van der Waals surface area (Å²) in [7, 11) is 0. The fraction of sp³-hybridized carbons (Fsp3) is 0.625. The molecule has 0 aliphatic rings. The highest BCUT2D eigenvalue weighted by molar-refractivity contribution is 5.27. The molecule has 0 spiro atoms. The molecule has 3 heteroatoms. The van der Waals surface area contributed by atoms with Gasteiger partial charge in [-0.1, -0.05) is 45.7 Å². The molecule has 1 aromatic rings. The van der Waals surface area contributed by atoms with Gasteiger partial charge in [0.1, 0.15) is 5.75 Å². The first kappa shape index (κ1) is 16.0. The van der Waals surface area contributed by atoms with Crippen LogP contribution in [0.15, 0.2) is 24.3 Å². The second-order valence-corrected chi connectivity index (χ2v) is 5.23. The van der Waals surface area contributed by atoms with Crippen molar-refractivity contribution in [1.82, 2.24) is 5.48 Å². The Hall–Kier alpha value is -1.06. The predicted molar refractivity (Wildman–Crippen MR) is 79.1 cm³/mol. The van der Waals surface area contributed by atoms with Crippen LogP contribution >= 0.6 is 0 Å². The highest BCUT2D eigenvalue weighted by atomic mass is 16.6. The number of nitrogens with one attached hydrogen (secondary N) is 1. The summed E-state index contributed by atoms with van der Waals surface area (Å²) in [5.74, 6) is 1.49. The van der Waals surface area contributed by atoms with Crippen LogP contribution in [-0.4, -0.2) is 13.2 Å². The number of hydroxylamine groups is 1. The highest BCUT2D eigenvalue weighted by Crippen LogP contribution is 2.12. The molecule has 1 rings (SSSR count). The molecule has 0 fully saturated rings. The zero-order chi connectivity index (χ0) is 13.9. The van der Waals surface area contributed by atoms with E-state index >= 15 is 0 Å². The molecule has 1 N–H and O–H groups in total. The van der Waals surface area contributed by atoms with E-state index in [9.17, 15) is 0 Å². The Kier molecular flexibility index (Phi) is 8.26. The molecule has 0 heterocycles. The Balaban J connectivity index is 2.19. The molecular formula is C16H27NO2. The molecule has 0 amide bonds. The molecule has 0 atom stereocenters. The fourth-order valence-electron chi connectivity index (χ4n) is 1.61. The lowest BCUT2D eigenvalue weighted by atomic mass is 10.2. The Bertz CT molecular complexity index is 322. The average Bonchev–Trinajstić information content (AvgIpc) is 2.41. The Morgan fingerprint density at radius 1 is 1.11 bits per heavy atom. The van der Waals surface area contributed by atoms with Gasteiger partial charge >= 0.3 is 0 Å². The molecule has 0 aromatic heterocycles. The quantitative estimate of drug-likeness (QED) is 0.513. The van der Waals surface area contributed by atoms with Gasteiger partial charge in [0.2, 0.25) is 0 Å². The molecule has 0 aliphatic heterocycles. The average molecular weight is 265 g/mol. The number of benzene rings is 1. The lowest BCUT2D eigenvalue weighted by Crippen LogP contribution is -2.17. The molecule has 0 aliphatic carbocycles. The minimum absolute atomic E-state index is 0.548. The molecule has 1 aromatic carbocycles. The van der Waals surface area contributed by atoms with Crippen LogP contribution in [-0.2, 0) is 11.4 Å². The molecule has 0 bridgehead atoms. The highest BCUT2D eigenvalue weighted by Gasteiger charge is 1.97. The van der Waals surface area contributed by atoms with Crippen molar-refractivity contribution in [1.29, 1.82) is 0 Å². The van der Waals surface area contributed by atoms with Gasteiger partial charge in [0.15, 0.2) is 0 Å². The zero-order valence-corrected chi connectivity index (χ0v) is 12.4. The summed E-state index contributed by atoms with van der Waals surface area (Å²) in [4.78, 5) is 5.34. The molecular weight excluding hydrogens is 238 g/mol. The Morgan fingerprint density at radius 2 is 1.84 bits per heavy atom. The monoisotopic (exact) mass is 265 g/mol. The van der Waals surface area contributed by atoms with Crippen LogP contribution in [0.4, 0.5) is 0 Å². The smallest absolute Gasteiger partial charge is 0.119 e. The summed E-state index contributed by atoms with van der Waals surface area (Å²) in [5, 5.41) is 0. The van der Waals surface area contributed by atoms with Gasteiger partial charge in [-0.2, -0.15) is 5.48 Å². The Morgan fingerprint density at radius 3 is 2.47 bits per heavy atom. The zero-order valence-electron chi connectivity index (χ0n) is 12.4. The molecule has 3 nitrogen and oxygen atoms in total. The minimum atomic E-state index is 0.548. The van der Waals surface area contributed by atoms with Gasteiger partial charge in [0, 0.05) is 6.54 Å². The van der Waals surface area contributed by atoms with E-state index in [-0.39, 0.29) is 0 Å². The topological polar surface area (TPSA) is 30.5 Å². The molecule has 0 unspecified atom stereocenters. The number of unbranched alkanes of at least 4 members (excludes halogenated alkanes) is 2. The SMILES string of the molecule is CCCCCOc1ccc(CNOCC(C)C)cc1. The van der Waals surface area contributed by atoms with Crippen LogP contribution in [0, 0.1) is 5.92 Å². The summed E-state index contributed by atoms with van der Waals surface area (Å²) in [6, 6.07) is 8.18. The Labute approximate surface area is 117 Å². The van der Waals surface area contributed by atoms with Crippen molar-refractivity contribution in [3.63, 3.8) is 0 Å². The molecule has 0 saturated carbocycles. The molecule has 0 radical (unpaired) electrons. The molecule has 108 valence electrons. The van der Waals surface area contributed by atoms with Crippen LogP contribution in [0.2, 0.25) is 0 Å². The second-order valence-electron chi connectivity index (χ2n) is 5.23. The van der Waals surface area contributed by atoms with Crippen molar-refractivity contribution in [2.24, 2.45) is 5.92 Å². The maximum absolute atomic E-state index is 5.67. The lowest BCUT2D eigenvalue weighted by molar-refractivity contribution is 0.0196. The van der Waals surface area contributed by atoms with Gasteiger partial charge < -0.3 is 9.57 Å². The van der Waals surface area contributed by atoms with E-state index in [1.54, 1.807) is 0 Å². The third kappa shape index (κ3) is 7.85. The maximum Gasteiger partial charge on any atom is 0.119 e. The maximum atomic E-state index is 5.67. The van der Waals surface area contributed by atoms with Gasteiger partial charge in [-0.25, -0.2) is 0 Å². The van der Waals surface area contributed by atoms with Crippen molar-refractivity contribution >= 4 is 0 Å². The van der Waals surface area contributed by atoms with E-state index < -0.39 is 0 Å². The third-order valence-electron chi connectivity index (χ3n) is 2.73. The van der Waals surface area contributed by atoms with Crippen LogP contribution in [0.25, 0.3) is 0 Å². The molecule has 19 heavy (non-hydrogen) atoms. The van der Waals surface area contributed by atoms with Crippen molar-refractivity contribution in [2.75, 3.05) is 13.2 Å². The van der Waals surface area contributed by atoms with Gasteiger partial charge in [0.05, 0.1) is 13.2 Å². The first-order chi connectivity index (χ1) is 9.22. The first-order valence-electron chi connectivity index (χ1n) is 7.28. The number of ether oxygens (including phenoxy) is 1. The van der Waals surface area contributed by atoms with Crippen LogP contribution in [0.1, 0.15) is 45.6 Å². The summed E-state index contributed by atoms with van der Waals surface area (Å²) < 4.78 is 5.67. The van der Waals surface area contributed by atoms with Crippen LogP contribution in [0.5, 0.6) is 5.75 Å². The largest absolute Gasteiger partial charge is 0.494 e. The van der Waals surface area contributed by atoms with E-state index in [1.807, 2.05) is 12.1 Å². The number of rotatable bonds is 10. The third-order valence-corrected chi connectivity index (χ3v) is 2.73. The number of hydrogen-bond acceptors (Lipinski definition) is 3. The number of hydrogen-bond donors (Lipinski definition) is 1. The van der Waals surface area contributed by atoms with Crippen molar-refractivity contribution < 1.29 is 9.57 Å². The van der Waals surface area contributed by atoms with Crippen LogP contribution in [0.3, 0.4) is 0 Å². The van der Waals surface area contributed by atoms with Gasteiger partial charge in [-0.15, -0.1) is 0 Å². The summed E-state index contributed by atoms with van der Waals surface area (Å²) in [6.07, 6.45) is 3.59. The van der Waals surface area contributed by atoms with Crippen molar-refractivity contribution in [3.8, 4) is 5.75 Å². The van der Waals surface area contributed by atoms with E-state index in [0.717, 1.165) is 31.9 Å². The van der Waals surface area contributed by atoms with Crippen molar-refractivity contribution in [3.05, 3.63) is 29.8 Å². The minimum Gasteiger partial charge on any atom is -0.494 e. The second kappa shape index (κ2) is 9.82. The summed E-state index contributed by atoms with van der Waals surface area (Å²) in [6.45, 7) is 8.73. The van der Waals surface area contributed by atoms with E-state index in [2.05, 4.69) is 38.4 Å². The van der Waals surface area contributed by atoms with E-state index in [1.165, 1.54) is 18.4 Å². The summed E-state index contributed by atoms with van der Waals surface area (Å²) in [5.41, 5.74) is 4.17. The lowest BCUT2D eigenvalue weighted by Gasteiger charge is -2.09. The van der Waals surface area contributed by atoms with Gasteiger partial charge in [-0.3, -0.25) is 0 Å². The van der Waals surface area contributed by atoms with Crippen molar-refractivity contribution in [2.45, 2.75) is 46.6 Å². The van der Waals surface area contributed by atoms with Gasteiger partial charge in [-0.05, 0) is 30.0 Å². The van der Waals surface area contributed by atoms with E-state index in [4.69, 9.17) is 9.57 Å². The standard InChI is InChI=1S/C16H27NO2/c1-4-5-6-11-18-16-9-7-15(8-10-16)12-17-19-13-14(2)3/h7-10,14,17H,4-6,11-13H2,1-3H3. The van der Waals surface area contributed by atoms with E-state index in [0.29, 0.717) is 5.92 Å². The summed E-state index contributed by atoms with van der Waals surface area (Å²) >= 11 is 0. The molecule has 0 saturated heterocycles. The predicted octanol–water partition coefficient (Wildman–Crippen LogP) is 3.93. The normalized spacial score (nSPS) is 10.9. The van der Waals surface area contributed by atoms with Gasteiger partial charge in [0.25, 0.3) is 0 Å². The fourth-order valence-corrected chi connectivity index (χ4v) is 1.61.